The van der Waals surface area contributed by atoms with Gasteiger partial charge in [0, 0.05) is 23.9 Å². The minimum Gasteiger partial charge on any atom is -0.363 e. The van der Waals surface area contributed by atoms with Crippen molar-refractivity contribution in [1.29, 1.82) is 0 Å². The molecule has 2 aliphatic carbocycles. The summed E-state index contributed by atoms with van der Waals surface area (Å²) in [6.07, 6.45) is 2.10. The van der Waals surface area contributed by atoms with E-state index < -0.39 is 68.9 Å². The molecule has 0 aromatic heterocycles. The van der Waals surface area contributed by atoms with Crippen LogP contribution in [0.5, 0.6) is 0 Å². The smallest absolute Gasteiger partial charge is 0.315 e. The number of ketones is 1. The predicted molar refractivity (Wildman–Crippen MR) is 135 cm³/mol. The van der Waals surface area contributed by atoms with Crippen molar-refractivity contribution < 1.29 is 24.0 Å². The number of nitrogens with zero attached hydrogens (tertiary/aromatic N) is 1. The zero-order valence-corrected chi connectivity index (χ0v) is 23.1. The molecule has 5 amide bonds. The van der Waals surface area contributed by atoms with E-state index in [1.54, 1.807) is 0 Å². The van der Waals surface area contributed by atoms with E-state index in [1.165, 1.54) is 4.90 Å². The van der Waals surface area contributed by atoms with Gasteiger partial charge in [-0.15, -0.1) is 23.2 Å². The maximum Gasteiger partial charge on any atom is 0.315 e. The Bertz CT molecular complexity index is 954. The Kier molecular flexibility index (Phi) is 7.65. The summed E-state index contributed by atoms with van der Waals surface area (Å²) in [5.74, 6) is -3.74. The summed E-state index contributed by atoms with van der Waals surface area (Å²) < 4.78 is -1.19. The van der Waals surface area contributed by atoms with Crippen molar-refractivity contribution in [3.05, 3.63) is 0 Å². The molecule has 0 aromatic rings. The Morgan fingerprint density at radius 1 is 1.03 bits per heavy atom. The summed E-state index contributed by atoms with van der Waals surface area (Å²) in [5.41, 5.74) is 4.00. The first kappa shape index (κ1) is 28.5. The number of hydrogen-bond donors (Lipinski definition) is 4. The topological polar surface area (TPSA) is 151 Å². The average molecular weight is 546 g/mol. The number of halogens is 2. The summed E-state index contributed by atoms with van der Waals surface area (Å²) in [6, 6.07) is -3.60. The van der Waals surface area contributed by atoms with Crippen molar-refractivity contribution in [2.45, 2.75) is 88.8 Å². The highest BCUT2D eigenvalue weighted by Gasteiger charge is 2.74. The summed E-state index contributed by atoms with van der Waals surface area (Å²) in [5, 5.41) is 8.18. The molecule has 10 nitrogen and oxygen atoms in total. The number of piperidine rings is 1. The van der Waals surface area contributed by atoms with Gasteiger partial charge in [-0.2, -0.15) is 0 Å². The number of fused-ring (bicyclic) bond motifs is 1. The number of Topliss-reactive ketones (excluding diaryl/α,β-unsaturated/α-hetero) is 1. The Morgan fingerprint density at radius 2 is 1.61 bits per heavy atom. The standard InChI is InChI=1S/C24H37Cl2N5O5/c1-22(2,3)17(29-21(36)30-23(4,5)6)20(35)31-10-12-14(24(12,25)26)15(31)19(34)28-13(9-11-7-8-11)16(32)18(27)33/h11-15,17H,7-10H2,1-6H3,(H2,27,33)(H,28,34)(H2,29,30,36)/t12-,13-,14-,15-,17+/m0/s1. The molecule has 0 spiro atoms. The first-order valence-corrected chi connectivity index (χ1v) is 13.0. The minimum atomic E-state index is -1.19. The van der Waals surface area contributed by atoms with Crippen LogP contribution in [0, 0.1) is 23.2 Å². The second-order valence-corrected chi connectivity index (χ2v) is 13.8. The molecule has 0 unspecified atom stereocenters. The van der Waals surface area contributed by atoms with Gasteiger partial charge in [-0.1, -0.05) is 33.6 Å². The van der Waals surface area contributed by atoms with Gasteiger partial charge in [-0.25, -0.2) is 4.79 Å². The maximum absolute atomic E-state index is 13.8. The van der Waals surface area contributed by atoms with E-state index in [0.29, 0.717) is 6.42 Å². The molecule has 3 aliphatic rings. The lowest BCUT2D eigenvalue weighted by molar-refractivity contribution is -0.144. The number of amides is 5. The number of hydrogen-bond acceptors (Lipinski definition) is 5. The molecule has 5 atom stereocenters. The van der Waals surface area contributed by atoms with Crippen molar-refractivity contribution >= 4 is 52.7 Å². The maximum atomic E-state index is 13.8. The number of primary amides is 1. The normalized spacial score (nSPS) is 26.3. The van der Waals surface area contributed by atoms with Crippen molar-refractivity contribution in [3.63, 3.8) is 0 Å². The highest BCUT2D eigenvalue weighted by molar-refractivity contribution is 6.51. The fourth-order valence-corrected chi connectivity index (χ4v) is 5.63. The lowest BCUT2D eigenvalue weighted by atomic mass is 9.85. The fourth-order valence-electron chi connectivity index (χ4n) is 4.80. The molecular formula is C24H37Cl2N5O5. The van der Waals surface area contributed by atoms with Gasteiger partial charge in [0.25, 0.3) is 5.91 Å². The average Bonchev–Trinajstić information content (AvgIpc) is 3.55. The van der Waals surface area contributed by atoms with Gasteiger partial charge >= 0.3 is 6.03 Å². The SMILES string of the molecule is CC(C)(C)NC(=O)N[C@H](C(=O)N1C[C@H]2[C@@H]([C@H]1C(=O)N[C@@H](CC1CC1)C(=O)C(N)=O)C2(Cl)Cl)C(C)(C)C. The van der Waals surface area contributed by atoms with Crippen LogP contribution in [0.4, 0.5) is 4.79 Å². The van der Waals surface area contributed by atoms with E-state index in [9.17, 15) is 24.0 Å². The van der Waals surface area contributed by atoms with Crippen LogP contribution >= 0.6 is 23.2 Å². The number of urea groups is 1. The van der Waals surface area contributed by atoms with Gasteiger partial charge < -0.3 is 26.6 Å². The highest BCUT2D eigenvalue weighted by atomic mass is 35.5. The molecule has 36 heavy (non-hydrogen) atoms. The van der Waals surface area contributed by atoms with Crippen LogP contribution in [0.1, 0.15) is 60.8 Å². The van der Waals surface area contributed by atoms with Crippen LogP contribution < -0.4 is 21.7 Å². The van der Waals surface area contributed by atoms with Crippen molar-refractivity contribution in [2.75, 3.05) is 6.54 Å². The van der Waals surface area contributed by atoms with E-state index in [2.05, 4.69) is 16.0 Å². The van der Waals surface area contributed by atoms with Gasteiger partial charge in [0.05, 0.1) is 6.04 Å². The third kappa shape index (κ3) is 6.25. The summed E-state index contributed by atoms with van der Waals surface area (Å²) in [6.45, 7) is 11.0. The highest BCUT2D eigenvalue weighted by Crippen LogP contribution is 2.65. The van der Waals surface area contributed by atoms with Gasteiger partial charge in [0.1, 0.15) is 16.4 Å². The monoisotopic (exact) mass is 545 g/mol. The number of likely N-dealkylation sites (tertiary alicyclic amines) is 1. The van der Waals surface area contributed by atoms with E-state index in [1.807, 2.05) is 41.5 Å². The molecule has 1 aliphatic heterocycles. The largest absolute Gasteiger partial charge is 0.363 e. The van der Waals surface area contributed by atoms with Gasteiger partial charge in [-0.3, -0.25) is 19.2 Å². The van der Waals surface area contributed by atoms with Crippen LogP contribution in [0.25, 0.3) is 0 Å². The van der Waals surface area contributed by atoms with E-state index in [-0.39, 0.29) is 18.4 Å². The van der Waals surface area contributed by atoms with E-state index >= 15 is 0 Å². The van der Waals surface area contributed by atoms with E-state index in [0.717, 1.165) is 12.8 Å². The molecule has 0 bridgehead atoms. The Hall–Kier alpha value is -2.07. The first-order chi connectivity index (χ1) is 16.3. The zero-order chi connectivity index (χ0) is 27.4. The van der Waals surface area contributed by atoms with Gasteiger partial charge in [0.2, 0.25) is 17.6 Å². The Balaban J connectivity index is 1.83. The van der Waals surface area contributed by atoms with Crippen LogP contribution in [-0.4, -0.2) is 69.0 Å². The van der Waals surface area contributed by atoms with Gasteiger partial charge in [0.15, 0.2) is 0 Å². The number of carbonyl (C=O) groups is 5. The fraction of sp³-hybridized carbons (Fsp3) is 0.792. The number of alkyl halides is 2. The van der Waals surface area contributed by atoms with Crippen LogP contribution in [0.15, 0.2) is 0 Å². The Labute approximate surface area is 221 Å². The van der Waals surface area contributed by atoms with Crippen LogP contribution in [0.3, 0.4) is 0 Å². The number of rotatable bonds is 8. The second kappa shape index (κ2) is 9.67. The lowest BCUT2D eigenvalue weighted by Gasteiger charge is -2.38. The van der Waals surface area contributed by atoms with Crippen molar-refractivity contribution in [2.24, 2.45) is 28.9 Å². The van der Waals surface area contributed by atoms with Crippen molar-refractivity contribution in [1.82, 2.24) is 20.9 Å². The first-order valence-electron chi connectivity index (χ1n) is 12.3. The molecule has 0 aromatic carbocycles. The molecule has 1 heterocycles. The second-order valence-electron chi connectivity index (χ2n) is 12.4. The molecule has 3 rings (SSSR count). The number of nitrogens with two attached hydrogens (primary N) is 1. The molecule has 3 fully saturated rings. The molecule has 5 N–H and O–H groups in total. The van der Waals surface area contributed by atoms with Crippen LogP contribution in [0.2, 0.25) is 0 Å². The molecule has 12 heteroatoms. The third-order valence-electron chi connectivity index (χ3n) is 6.90. The molecule has 202 valence electrons. The van der Waals surface area contributed by atoms with Crippen molar-refractivity contribution in [3.8, 4) is 0 Å². The molecule has 1 saturated heterocycles. The molecular weight excluding hydrogens is 509 g/mol. The molecule has 0 radical (unpaired) electrons. The van der Waals surface area contributed by atoms with Gasteiger partial charge in [-0.05, 0) is 38.5 Å². The molecule has 2 saturated carbocycles. The quantitative estimate of drug-likeness (QED) is 0.269. The van der Waals surface area contributed by atoms with Crippen LogP contribution in [-0.2, 0) is 19.2 Å². The summed E-state index contributed by atoms with van der Waals surface area (Å²) in [7, 11) is 0. The Morgan fingerprint density at radius 3 is 2.08 bits per heavy atom. The number of nitrogens with one attached hydrogen (secondary N) is 3. The third-order valence-corrected chi connectivity index (χ3v) is 7.97. The predicted octanol–water partition coefficient (Wildman–Crippen LogP) is 1.47. The zero-order valence-electron chi connectivity index (χ0n) is 21.6. The summed E-state index contributed by atoms with van der Waals surface area (Å²) >= 11 is 12.8. The number of carbonyl (C=O) groups excluding carboxylic acids is 5. The minimum absolute atomic E-state index is 0.126. The lowest BCUT2D eigenvalue weighted by Crippen LogP contribution is -2.62. The van der Waals surface area contributed by atoms with E-state index in [4.69, 9.17) is 28.9 Å². The summed E-state index contributed by atoms with van der Waals surface area (Å²) in [4.78, 5) is 65.2.